The monoisotopic (exact) mass is 1610 g/mol. The number of nitrogens with one attached hydrogen (secondary N) is 6. The number of thioether (sulfide) groups is 1. The third kappa shape index (κ3) is 23.3. The lowest BCUT2D eigenvalue weighted by atomic mass is 10.1. The highest BCUT2D eigenvalue weighted by Crippen LogP contribution is 2.43. The van der Waals surface area contributed by atoms with Crippen LogP contribution in [0.4, 0.5) is 87.5 Å². The lowest BCUT2D eigenvalue weighted by molar-refractivity contribution is -0.116. The number of hydrogen-bond acceptors (Lipinski definition) is 35. The molecule has 7 amide bonds. The summed E-state index contributed by atoms with van der Waals surface area (Å²) < 4.78 is 45.9. The van der Waals surface area contributed by atoms with E-state index in [0.29, 0.717) is 48.2 Å². The summed E-state index contributed by atoms with van der Waals surface area (Å²) >= 11 is 5.89. The number of benzene rings is 6. The number of sulfonamides is 1. The van der Waals surface area contributed by atoms with Crippen LogP contribution in [0.2, 0.25) is 0 Å². The van der Waals surface area contributed by atoms with Crippen molar-refractivity contribution < 1.29 is 76.7 Å². The molecule has 568 valence electrons. The van der Waals surface area contributed by atoms with E-state index in [4.69, 9.17) is 32.2 Å². The van der Waals surface area contributed by atoms with E-state index in [1.807, 2.05) is 13.0 Å². The van der Waals surface area contributed by atoms with Gasteiger partial charge < -0.3 is 62.2 Å². The highest BCUT2D eigenvalue weighted by atomic mass is 32.2. The Morgan fingerprint density at radius 3 is 1.59 bits per heavy atom. The number of anilines is 6. The Bertz CT molecular complexity index is 5570. The molecule has 14 N–H and O–H groups in total. The number of rotatable bonds is 21. The fourth-order valence-electron chi connectivity index (χ4n) is 8.57. The van der Waals surface area contributed by atoms with Crippen LogP contribution in [0.3, 0.4) is 0 Å². The number of primary amides is 1. The third-order valence-electron chi connectivity index (χ3n) is 13.4. The number of esters is 1. The smallest absolute Gasteiger partial charge is 0.411 e. The summed E-state index contributed by atoms with van der Waals surface area (Å²) in [4.78, 5) is 95.2. The molecule has 10 aromatic rings. The van der Waals surface area contributed by atoms with Gasteiger partial charge in [0.2, 0.25) is 45.2 Å². The van der Waals surface area contributed by atoms with Crippen molar-refractivity contribution in [3.63, 3.8) is 0 Å². The average Bonchev–Trinajstić information content (AvgIpc) is 1.59. The van der Waals surface area contributed by atoms with Crippen molar-refractivity contribution in [2.45, 2.75) is 71.0 Å². The number of nitriles is 1. The molecule has 6 aromatic carbocycles. The molecule has 0 bridgehead atoms. The summed E-state index contributed by atoms with van der Waals surface area (Å²) in [5.74, 6) is -3.47. The van der Waals surface area contributed by atoms with E-state index in [2.05, 4.69) is 101 Å². The molecule has 39 nitrogen and oxygen atoms in total. The van der Waals surface area contributed by atoms with Crippen LogP contribution in [-0.4, -0.2) is 119 Å². The average molecular weight is 1610 g/mol. The fraction of sp³-hybridized carbons (Fsp3) is 0.185. The molecular weight excluding hydrogens is 1550 g/mol. The number of aryl methyl sites for hydroxylation is 1. The van der Waals surface area contributed by atoms with E-state index < -0.39 is 45.6 Å². The number of ether oxygens (including phenoxy) is 2. The number of fused-ring (bicyclic) bond motifs is 2. The van der Waals surface area contributed by atoms with Crippen LogP contribution in [0.5, 0.6) is 23.0 Å². The number of nitrogens with zero attached hydrogens (tertiary/aromatic N) is 15. The Morgan fingerprint density at radius 2 is 1.08 bits per heavy atom. The molecule has 0 fully saturated rings. The van der Waals surface area contributed by atoms with Gasteiger partial charge in [0, 0.05) is 69.2 Å². The first-order valence-electron chi connectivity index (χ1n) is 31.2. The predicted molar refractivity (Wildman–Crippen MR) is 411 cm³/mol. The number of primary sulfonamides is 1. The first kappa shape index (κ1) is 84.0. The van der Waals surface area contributed by atoms with Crippen LogP contribution < -0.4 is 42.8 Å². The zero-order valence-corrected chi connectivity index (χ0v) is 63.6. The number of amides is 7. The van der Waals surface area contributed by atoms with E-state index in [-0.39, 0.29) is 132 Å². The molecule has 4 heterocycles. The molecule has 0 aliphatic rings. The van der Waals surface area contributed by atoms with Crippen molar-refractivity contribution in [1.29, 1.82) is 5.26 Å². The minimum atomic E-state index is -3.92. The van der Waals surface area contributed by atoms with Crippen LogP contribution in [0.25, 0.3) is 26.7 Å². The lowest BCUT2D eigenvalue weighted by Gasteiger charge is -2.11. The molecule has 0 saturated carbocycles. The molecule has 0 spiro atoms. The number of azo groups is 4. The van der Waals surface area contributed by atoms with Crippen LogP contribution in [-0.2, 0) is 43.5 Å². The highest BCUT2D eigenvalue weighted by Gasteiger charge is 2.21. The van der Waals surface area contributed by atoms with Crippen LogP contribution in [0, 0.1) is 24.8 Å². The molecule has 0 aliphatic heterocycles. The minimum absolute atomic E-state index is 0.00908. The van der Waals surface area contributed by atoms with E-state index >= 15 is 0 Å². The zero-order valence-electron chi connectivity index (χ0n) is 58.7. The van der Waals surface area contributed by atoms with E-state index in [1.54, 1.807) is 50.7 Å². The zero-order chi connectivity index (χ0) is 80.7. The molecule has 0 aliphatic carbocycles. The van der Waals surface area contributed by atoms with Crippen molar-refractivity contribution in [3.05, 3.63) is 119 Å². The molecule has 10 rings (SSSR count). The van der Waals surface area contributed by atoms with Gasteiger partial charge in [-0.2, -0.15) is 14.0 Å². The number of carbonyl (C=O) groups is 8. The van der Waals surface area contributed by atoms with Crippen LogP contribution in [0.1, 0.15) is 86.9 Å². The van der Waals surface area contributed by atoms with E-state index in [1.165, 1.54) is 107 Å². The van der Waals surface area contributed by atoms with Crippen molar-refractivity contribution >= 4 is 220 Å². The Hall–Kier alpha value is -13.3. The van der Waals surface area contributed by atoms with Crippen molar-refractivity contribution in [1.82, 2.24) is 23.3 Å². The third-order valence-corrected chi connectivity index (χ3v) is 18.5. The van der Waals surface area contributed by atoms with Crippen LogP contribution in [0.15, 0.2) is 135 Å². The number of nitrogens with two attached hydrogens (primary N) is 2. The molecule has 0 atom stereocenters. The molecule has 45 heteroatoms. The highest BCUT2D eigenvalue weighted by molar-refractivity contribution is 8.01. The van der Waals surface area contributed by atoms with Gasteiger partial charge in [0.25, 0.3) is 11.0 Å². The molecular formula is C65H61N23O16S6. The fourth-order valence-corrected chi connectivity index (χ4v) is 12.7. The molecule has 4 aromatic heterocycles. The maximum atomic E-state index is 11.7. The van der Waals surface area contributed by atoms with Crippen molar-refractivity contribution in [2.75, 3.05) is 51.4 Å². The minimum Gasteiger partial charge on any atom is -0.507 e. The van der Waals surface area contributed by atoms with Gasteiger partial charge in [-0.1, -0.05) is 36.9 Å². The largest absolute Gasteiger partial charge is 0.507 e. The Kier molecular flexibility index (Phi) is 29.6. The summed E-state index contributed by atoms with van der Waals surface area (Å²) in [7, 11) is -2.63. The lowest BCUT2D eigenvalue weighted by Crippen LogP contribution is -2.13. The topological polar surface area (TPSA) is 586 Å². The first-order valence-corrected chi connectivity index (χ1v) is 36.8. The van der Waals surface area contributed by atoms with Gasteiger partial charge >= 0.3 is 12.1 Å². The predicted octanol–water partition coefficient (Wildman–Crippen LogP) is 14.9. The second kappa shape index (κ2) is 38.8. The standard InChI is InChI=1S/C18H13N5O4S.C16H14N6O5S2.C16H16N6O4S.C15H18N6O3S2/c1-9(24)20-14-7-16(25)11(8-19)6-15(14)21-22-17-12-5-10(18(26)27-2)3-4-13(12)23-28-17;1-7(23)19-12-6-14(24)10(15(17)25)5-13(12)20-21-16-9-4-8(29(18,26)27)2-3-11(9)22-28-16;1-5-26-16(25)19-10-7-13(24)12(18-9(3)23)6-11(10)20-21-15-14(17-4)8(2)22-27-15;1-4-13(24)17-11-6-10(9(7-12(11)23)16-8(3)22)18-19-14-20-21-15(26-14)25-5-2/h3-7,25H,1-2H3,(H,20,24);2-6,24H,1H3,(H2,17,25)(H,19,23)(H2,18,26,27);6-7,24H,5H2,1-3H3,(H,18,23)(H,19,25);6-7,23H,4-5H2,1-3H3,(H,16,22)(H,17,24). The number of hydrogen-bond donors (Lipinski definition) is 12. The summed E-state index contributed by atoms with van der Waals surface area (Å²) in [5.41, 5.74) is 8.92. The molecule has 0 radical (unpaired) electrons. The van der Waals surface area contributed by atoms with E-state index in [0.717, 1.165) is 50.8 Å². The maximum Gasteiger partial charge on any atom is 0.411 e. The van der Waals surface area contributed by atoms with Gasteiger partial charge in [-0.3, -0.25) is 34.1 Å². The van der Waals surface area contributed by atoms with Crippen LogP contribution >= 0.6 is 57.7 Å². The van der Waals surface area contributed by atoms with Gasteiger partial charge in [0.1, 0.15) is 51.8 Å². The summed E-state index contributed by atoms with van der Waals surface area (Å²) in [5, 5.41) is 112. The van der Waals surface area contributed by atoms with Crippen molar-refractivity contribution in [3.8, 4) is 29.1 Å². The first-order chi connectivity index (χ1) is 52.3. The number of methoxy groups -OCH3 is 1. The summed E-state index contributed by atoms with van der Waals surface area (Å²) in [6, 6.07) is 21.0. The van der Waals surface area contributed by atoms with Gasteiger partial charge in [0.15, 0.2) is 19.3 Å². The van der Waals surface area contributed by atoms with Crippen molar-refractivity contribution in [2.24, 2.45) is 51.8 Å². The van der Waals surface area contributed by atoms with Gasteiger partial charge in [-0.25, -0.2) is 32.4 Å². The Labute approximate surface area is 643 Å². The Morgan fingerprint density at radius 1 is 0.600 bits per heavy atom. The quantitative estimate of drug-likeness (QED) is 0.0104. The second-order valence-electron chi connectivity index (χ2n) is 21.5. The number of phenols is 4. The summed E-state index contributed by atoms with van der Waals surface area (Å²) in [6.45, 7) is 19.6. The van der Waals surface area contributed by atoms with Gasteiger partial charge in [-0.15, -0.1) is 51.1 Å². The molecule has 110 heavy (non-hydrogen) atoms. The second-order valence-corrected chi connectivity index (χ2v) is 27.8. The molecule has 0 saturated heterocycles. The van der Waals surface area contributed by atoms with Gasteiger partial charge in [-0.05, 0) is 115 Å². The number of phenolic OH excluding ortho intramolecular Hbond substituents is 3. The van der Waals surface area contributed by atoms with Gasteiger partial charge in [0.05, 0.1) is 92.7 Å². The summed E-state index contributed by atoms with van der Waals surface area (Å²) in [6.07, 6.45) is -0.483. The Balaban J connectivity index is 0.000000204. The number of aromatic nitrogens is 5. The maximum absolute atomic E-state index is 11.7. The number of carbonyl (C=O) groups excluding carboxylic acids is 8. The molecule has 0 unspecified atom stereocenters. The SMILES string of the molecule is CC(=O)Nc1cc(O)c(C(N)=O)cc1N=Nc1snc2ccc(S(N)(=O)=O)cc12.CCSc1nnc(N=Nc2cc(NC(=O)CC)c(O)cc2NC(C)=O)s1.COC(=O)c1ccc2nsc(N=Nc3cc(C#N)c(O)cc3NC(C)=O)c2c1.[C-]#[N+]c1c(C)nsc1N=Nc1cc(NC(C)=O)c(O)cc1NC(=O)OCC. The van der Waals surface area contributed by atoms with E-state index in [9.17, 15) is 67.2 Å². The number of aromatic hydroxyl groups is 4. The normalized spacial score (nSPS) is 11.0.